The fraction of sp³-hybridized carbons (Fsp3) is 0.125. The van der Waals surface area contributed by atoms with Gasteiger partial charge in [0.15, 0.2) is 10.7 Å². The van der Waals surface area contributed by atoms with Gasteiger partial charge in [0.05, 0.1) is 23.4 Å². The Morgan fingerprint density at radius 1 is 1.06 bits per heavy atom. The molecule has 1 aromatic heterocycles. The molecular formula is C24H19Cl2N3O3S. The SMILES string of the molecule is COc1ccc(-c2nc3cc(C)c(C)cc3o2)cc1NC(=S)NC(=O)c1ccc(Cl)cc1Cl. The van der Waals surface area contributed by atoms with E-state index in [0.29, 0.717) is 27.9 Å². The summed E-state index contributed by atoms with van der Waals surface area (Å²) in [4.78, 5) is 17.2. The fourth-order valence-corrected chi connectivity index (χ4v) is 3.94. The molecule has 0 saturated heterocycles. The Morgan fingerprint density at radius 3 is 2.55 bits per heavy atom. The zero-order valence-electron chi connectivity index (χ0n) is 18.0. The van der Waals surface area contributed by atoms with Crippen LogP contribution in [0.5, 0.6) is 5.75 Å². The van der Waals surface area contributed by atoms with Gasteiger partial charge in [-0.1, -0.05) is 23.2 Å². The third-order valence-electron chi connectivity index (χ3n) is 5.10. The number of hydrogen-bond donors (Lipinski definition) is 2. The van der Waals surface area contributed by atoms with E-state index in [1.165, 1.54) is 12.1 Å². The molecule has 168 valence electrons. The highest BCUT2D eigenvalue weighted by molar-refractivity contribution is 7.80. The minimum atomic E-state index is -0.464. The smallest absolute Gasteiger partial charge is 0.258 e. The van der Waals surface area contributed by atoms with Crippen LogP contribution in [-0.4, -0.2) is 23.1 Å². The molecule has 0 atom stereocenters. The third-order valence-corrected chi connectivity index (χ3v) is 5.85. The van der Waals surface area contributed by atoms with E-state index in [4.69, 9.17) is 44.6 Å². The first-order chi connectivity index (χ1) is 15.7. The maximum absolute atomic E-state index is 12.6. The van der Waals surface area contributed by atoms with Gasteiger partial charge in [0.2, 0.25) is 5.89 Å². The summed E-state index contributed by atoms with van der Waals surface area (Å²) in [7, 11) is 1.54. The highest BCUT2D eigenvalue weighted by atomic mass is 35.5. The molecule has 0 unspecified atom stereocenters. The Hall–Kier alpha value is -3.13. The van der Waals surface area contributed by atoms with E-state index >= 15 is 0 Å². The first kappa shape index (κ1) is 23.0. The maximum Gasteiger partial charge on any atom is 0.258 e. The van der Waals surface area contributed by atoms with E-state index in [-0.39, 0.29) is 15.7 Å². The molecule has 3 aromatic carbocycles. The Labute approximate surface area is 205 Å². The molecule has 0 bridgehead atoms. The van der Waals surface area contributed by atoms with E-state index < -0.39 is 5.91 Å². The van der Waals surface area contributed by atoms with Gasteiger partial charge in [-0.2, -0.15) is 0 Å². The van der Waals surface area contributed by atoms with Crippen LogP contribution < -0.4 is 15.4 Å². The normalized spacial score (nSPS) is 10.8. The minimum Gasteiger partial charge on any atom is -0.495 e. The summed E-state index contributed by atoms with van der Waals surface area (Å²) in [6, 6.07) is 14.0. The zero-order chi connectivity index (χ0) is 23.7. The van der Waals surface area contributed by atoms with Crippen molar-refractivity contribution in [3.05, 3.63) is 75.3 Å². The number of fused-ring (bicyclic) bond motifs is 1. The Balaban J connectivity index is 1.58. The summed E-state index contributed by atoms with van der Waals surface area (Å²) in [5.41, 5.74) is 5.27. The van der Waals surface area contributed by atoms with Gasteiger partial charge in [0, 0.05) is 10.6 Å². The van der Waals surface area contributed by atoms with Crippen LogP contribution >= 0.6 is 35.4 Å². The van der Waals surface area contributed by atoms with E-state index in [0.717, 1.165) is 22.2 Å². The number of hydrogen-bond acceptors (Lipinski definition) is 5. The lowest BCUT2D eigenvalue weighted by Crippen LogP contribution is -2.34. The van der Waals surface area contributed by atoms with E-state index in [9.17, 15) is 4.79 Å². The van der Waals surface area contributed by atoms with Gasteiger partial charge in [-0.3, -0.25) is 10.1 Å². The van der Waals surface area contributed by atoms with Crippen molar-refractivity contribution in [1.82, 2.24) is 10.3 Å². The molecule has 6 nitrogen and oxygen atoms in total. The topological polar surface area (TPSA) is 76.4 Å². The molecular weight excluding hydrogens is 481 g/mol. The highest BCUT2D eigenvalue weighted by Gasteiger charge is 2.16. The van der Waals surface area contributed by atoms with Crippen molar-refractivity contribution in [2.24, 2.45) is 0 Å². The Bertz CT molecular complexity index is 1360. The molecule has 9 heteroatoms. The molecule has 0 fully saturated rings. The summed E-state index contributed by atoms with van der Waals surface area (Å²) in [5.74, 6) is 0.528. The molecule has 0 aliphatic carbocycles. The number of rotatable bonds is 4. The molecule has 0 radical (unpaired) electrons. The average Bonchev–Trinajstić information content (AvgIpc) is 3.16. The predicted molar refractivity (Wildman–Crippen MR) is 136 cm³/mol. The molecule has 0 saturated carbocycles. The van der Waals surface area contributed by atoms with Gasteiger partial charge in [0.1, 0.15) is 11.3 Å². The van der Waals surface area contributed by atoms with Gasteiger partial charge >= 0.3 is 0 Å². The van der Waals surface area contributed by atoms with Crippen LogP contribution in [0.25, 0.3) is 22.6 Å². The van der Waals surface area contributed by atoms with Crippen molar-refractivity contribution in [1.29, 1.82) is 0 Å². The van der Waals surface area contributed by atoms with Crippen molar-refractivity contribution in [3.63, 3.8) is 0 Å². The highest BCUT2D eigenvalue weighted by Crippen LogP contribution is 2.32. The van der Waals surface area contributed by atoms with Gasteiger partial charge in [-0.05, 0) is 85.7 Å². The largest absolute Gasteiger partial charge is 0.495 e. The standard InChI is InChI=1S/C24H19Cl2N3O3S/c1-12-8-18-21(9-13(12)2)32-23(27-18)14-4-7-20(31-3)19(10-14)28-24(33)29-22(30)16-6-5-15(25)11-17(16)26/h4-11H,1-3H3,(H2,28,29,30,33). The number of anilines is 1. The van der Waals surface area contributed by atoms with E-state index in [2.05, 4.69) is 15.6 Å². The Morgan fingerprint density at radius 2 is 1.82 bits per heavy atom. The van der Waals surface area contributed by atoms with Crippen LogP contribution in [0.1, 0.15) is 21.5 Å². The summed E-state index contributed by atoms with van der Waals surface area (Å²) in [6.45, 7) is 4.06. The second-order valence-electron chi connectivity index (χ2n) is 7.37. The number of oxazole rings is 1. The average molecular weight is 500 g/mol. The molecule has 0 aliphatic heterocycles. The number of methoxy groups -OCH3 is 1. The van der Waals surface area contributed by atoms with Gasteiger partial charge < -0.3 is 14.5 Å². The lowest BCUT2D eigenvalue weighted by atomic mass is 10.1. The molecule has 4 aromatic rings. The number of halogens is 2. The number of nitrogens with one attached hydrogen (secondary N) is 2. The van der Waals surface area contributed by atoms with Crippen molar-refractivity contribution in [2.45, 2.75) is 13.8 Å². The Kier molecular flexibility index (Phi) is 6.56. The predicted octanol–water partition coefficient (Wildman–Crippen LogP) is 6.55. The monoisotopic (exact) mass is 499 g/mol. The lowest BCUT2D eigenvalue weighted by Gasteiger charge is -2.14. The number of aromatic nitrogens is 1. The van der Waals surface area contributed by atoms with Gasteiger partial charge in [-0.25, -0.2) is 4.98 Å². The van der Waals surface area contributed by atoms with Crippen LogP contribution in [0, 0.1) is 13.8 Å². The van der Waals surface area contributed by atoms with E-state index in [1.54, 1.807) is 25.3 Å². The quantitative estimate of drug-likeness (QED) is 0.310. The zero-order valence-corrected chi connectivity index (χ0v) is 20.3. The number of aryl methyl sites for hydroxylation is 2. The van der Waals surface area contributed by atoms with Crippen molar-refractivity contribution in [3.8, 4) is 17.2 Å². The first-order valence-corrected chi connectivity index (χ1v) is 11.0. The van der Waals surface area contributed by atoms with Crippen molar-refractivity contribution >= 4 is 63.2 Å². The van der Waals surface area contributed by atoms with Crippen LogP contribution in [0.3, 0.4) is 0 Å². The summed E-state index contributed by atoms with van der Waals surface area (Å²) >= 11 is 17.3. The molecule has 33 heavy (non-hydrogen) atoms. The number of ether oxygens (including phenoxy) is 1. The first-order valence-electron chi connectivity index (χ1n) is 9.88. The number of amides is 1. The second kappa shape index (κ2) is 9.39. The summed E-state index contributed by atoms with van der Waals surface area (Å²) in [5, 5.41) is 6.33. The molecule has 1 amide bonds. The maximum atomic E-state index is 12.6. The summed E-state index contributed by atoms with van der Waals surface area (Å²) in [6.07, 6.45) is 0. The van der Waals surface area contributed by atoms with Crippen molar-refractivity contribution < 1.29 is 13.9 Å². The molecule has 2 N–H and O–H groups in total. The van der Waals surface area contributed by atoms with Crippen molar-refractivity contribution in [2.75, 3.05) is 12.4 Å². The van der Waals surface area contributed by atoms with E-state index in [1.807, 2.05) is 32.0 Å². The number of carbonyl (C=O) groups is 1. The fourth-order valence-electron chi connectivity index (χ4n) is 3.24. The summed E-state index contributed by atoms with van der Waals surface area (Å²) < 4.78 is 11.4. The second-order valence-corrected chi connectivity index (χ2v) is 8.62. The third kappa shape index (κ3) is 4.95. The number of nitrogens with zero attached hydrogens (tertiary/aromatic N) is 1. The van der Waals surface area contributed by atoms with Crippen LogP contribution in [-0.2, 0) is 0 Å². The number of carbonyl (C=O) groups excluding carboxylic acids is 1. The minimum absolute atomic E-state index is 0.0743. The van der Waals surface area contributed by atoms with Crippen LogP contribution in [0.2, 0.25) is 10.0 Å². The van der Waals surface area contributed by atoms with Crippen LogP contribution in [0.4, 0.5) is 5.69 Å². The van der Waals surface area contributed by atoms with Crippen LogP contribution in [0.15, 0.2) is 52.9 Å². The molecule has 4 rings (SSSR count). The molecule has 0 spiro atoms. The lowest BCUT2D eigenvalue weighted by molar-refractivity contribution is 0.0978. The number of benzene rings is 3. The number of thiocarbonyl (C=S) groups is 1. The van der Waals surface area contributed by atoms with Gasteiger partial charge in [0.25, 0.3) is 5.91 Å². The molecule has 0 aliphatic rings. The molecule has 1 heterocycles. The van der Waals surface area contributed by atoms with Gasteiger partial charge in [-0.15, -0.1) is 0 Å².